The van der Waals surface area contributed by atoms with Crippen molar-refractivity contribution >= 4 is 5.97 Å². The smallest absolute Gasteiger partial charge is 0.307 e. The van der Waals surface area contributed by atoms with Gasteiger partial charge in [-0.25, -0.2) is 9.67 Å². The average Bonchev–Trinajstić information content (AvgIpc) is 3.55. The van der Waals surface area contributed by atoms with E-state index in [1.54, 1.807) is 0 Å². The highest BCUT2D eigenvalue weighted by molar-refractivity contribution is 5.80. The predicted molar refractivity (Wildman–Crippen MR) is 130 cm³/mol. The Balaban J connectivity index is 1.41. The summed E-state index contributed by atoms with van der Waals surface area (Å²) in [5.74, 6) is 1.23. The highest BCUT2D eigenvalue weighted by Gasteiger charge is 2.14. The number of tetrazole rings is 1. The summed E-state index contributed by atoms with van der Waals surface area (Å²) >= 11 is 0. The van der Waals surface area contributed by atoms with Gasteiger partial charge in [-0.1, -0.05) is 79.7 Å². The van der Waals surface area contributed by atoms with Crippen LogP contribution in [0.15, 0.2) is 72.8 Å². The molecule has 0 saturated heterocycles. The molecule has 3 aromatic carbocycles. The monoisotopic (exact) mass is 465 g/mol. The minimum absolute atomic E-state index is 0.00458. The first kappa shape index (κ1) is 22.1. The molecule has 0 unspecified atom stereocenters. The van der Waals surface area contributed by atoms with Crippen molar-refractivity contribution in [1.82, 2.24) is 35.4 Å². The van der Waals surface area contributed by atoms with E-state index in [2.05, 4.69) is 50.0 Å². The van der Waals surface area contributed by atoms with Crippen LogP contribution in [0.25, 0.3) is 33.9 Å². The number of hydrogen-bond donors (Lipinski definition) is 2. The van der Waals surface area contributed by atoms with Gasteiger partial charge < -0.3 is 5.11 Å². The second-order valence-corrected chi connectivity index (χ2v) is 8.11. The Labute approximate surface area is 201 Å². The quantitative estimate of drug-likeness (QED) is 0.355. The normalized spacial score (nSPS) is 11.0. The number of nitrogens with one attached hydrogen (secondary N) is 1. The van der Waals surface area contributed by atoms with Gasteiger partial charge in [0, 0.05) is 17.5 Å². The third kappa shape index (κ3) is 4.84. The molecule has 2 aromatic heterocycles. The van der Waals surface area contributed by atoms with E-state index < -0.39 is 5.97 Å². The lowest BCUT2D eigenvalue weighted by Crippen LogP contribution is -2.05. The summed E-state index contributed by atoms with van der Waals surface area (Å²) in [7, 11) is 0. The van der Waals surface area contributed by atoms with Gasteiger partial charge in [0.25, 0.3) is 0 Å². The van der Waals surface area contributed by atoms with Gasteiger partial charge >= 0.3 is 5.97 Å². The zero-order valence-electron chi connectivity index (χ0n) is 19.1. The minimum atomic E-state index is -0.849. The maximum absolute atomic E-state index is 11.0. The van der Waals surface area contributed by atoms with E-state index in [0.29, 0.717) is 12.4 Å². The van der Waals surface area contributed by atoms with Crippen LogP contribution < -0.4 is 0 Å². The number of nitrogens with zero attached hydrogens (tertiary/aromatic N) is 6. The van der Waals surface area contributed by atoms with Crippen molar-refractivity contribution in [3.05, 3.63) is 89.7 Å². The molecule has 0 spiro atoms. The predicted octanol–water partition coefficient (Wildman–Crippen LogP) is 4.03. The molecule has 5 rings (SSSR count). The fourth-order valence-electron chi connectivity index (χ4n) is 3.98. The first-order chi connectivity index (χ1) is 17.1. The lowest BCUT2D eigenvalue weighted by Gasteiger charge is -2.10. The van der Waals surface area contributed by atoms with Crippen LogP contribution in [-0.2, 0) is 24.2 Å². The average molecular weight is 466 g/mol. The number of H-pyrrole nitrogens is 1. The van der Waals surface area contributed by atoms with E-state index in [1.165, 1.54) is 0 Å². The number of rotatable bonds is 8. The first-order valence-corrected chi connectivity index (χ1v) is 11.3. The van der Waals surface area contributed by atoms with Gasteiger partial charge in [-0.3, -0.25) is 4.79 Å². The molecule has 0 aliphatic rings. The van der Waals surface area contributed by atoms with Crippen molar-refractivity contribution in [1.29, 1.82) is 0 Å². The fourth-order valence-corrected chi connectivity index (χ4v) is 3.98. The van der Waals surface area contributed by atoms with Gasteiger partial charge in [0.2, 0.25) is 5.82 Å². The molecular formula is C26H23N7O2. The van der Waals surface area contributed by atoms with Crippen LogP contribution in [-0.4, -0.2) is 46.5 Å². The van der Waals surface area contributed by atoms with Gasteiger partial charge in [0.05, 0.1) is 13.0 Å². The molecular weight excluding hydrogens is 442 g/mol. The van der Waals surface area contributed by atoms with E-state index in [-0.39, 0.29) is 6.42 Å². The SMILES string of the molecule is CCc1nc(-c2ccc(CC(=O)O)cc2)n(Cc2ccc(-c3ccccc3-c3nn[nH]n3)cc2)n1. The molecule has 0 aliphatic carbocycles. The summed E-state index contributed by atoms with van der Waals surface area (Å²) in [5, 5.41) is 28.1. The molecule has 9 heteroatoms. The number of aryl methyl sites for hydroxylation is 1. The van der Waals surface area contributed by atoms with Crippen molar-refractivity contribution in [2.45, 2.75) is 26.3 Å². The Kier molecular flexibility index (Phi) is 6.13. The summed E-state index contributed by atoms with van der Waals surface area (Å²) in [5.41, 5.74) is 5.72. The number of aliphatic carboxylic acids is 1. The highest BCUT2D eigenvalue weighted by atomic mass is 16.4. The summed E-state index contributed by atoms with van der Waals surface area (Å²) in [6, 6.07) is 23.7. The molecule has 0 fully saturated rings. The lowest BCUT2D eigenvalue weighted by atomic mass is 9.98. The van der Waals surface area contributed by atoms with Crippen LogP contribution in [0.1, 0.15) is 23.9 Å². The molecule has 2 heterocycles. The lowest BCUT2D eigenvalue weighted by molar-refractivity contribution is -0.136. The molecule has 0 saturated carbocycles. The molecule has 9 nitrogen and oxygen atoms in total. The van der Waals surface area contributed by atoms with Crippen molar-refractivity contribution in [2.24, 2.45) is 0 Å². The Hall–Kier alpha value is -4.66. The van der Waals surface area contributed by atoms with E-state index in [0.717, 1.165) is 51.5 Å². The highest BCUT2D eigenvalue weighted by Crippen LogP contribution is 2.30. The van der Waals surface area contributed by atoms with Crippen molar-refractivity contribution in [3.8, 4) is 33.9 Å². The molecule has 174 valence electrons. The number of carboxylic acids is 1. The minimum Gasteiger partial charge on any atom is -0.481 e. The molecule has 2 N–H and O–H groups in total. The van der Waals surface area contributed by atoms with Crippen LogP contribution in [0, 0.1) is 0 Å². The maximum atomic E-state index is 11.0. The van der Waals surface area contributed by atoms with E-state index in [4.69, 9.17) is 10.1 Å². The number of carbonyl (C=O) groups is 1. The van der Waals surface area contributed by atoms with Crippen LogP contribution in [0.4, 0.5) is 0 Å². The number of benzene rings is 3. The van der Waals surface area contributed by atoms with Gasteiger partial charge in [-0.05, 0) is 27.5 Å². The summed E-state index contributed by atoms with van der Waals surface area (Å²) in [4.78, 5) is 15.7. The number of hydrogen-bond acceptors (Lipinski definition) is 6. The zero-order valence-corrected chi connectivity index (χ0v) is 19.1. The first-order valence-electron chi connectivity index (χ1n) is 11.3. The molecule has 0 atom stereocenters. The maximum Gasteiger partial charge on any atom is 0.307 e. The Morgan fingerprint density at radius 2 is 1.60 bits per heavy atom. The van der Waals surface area contributed by atoms with Gasteiger partial charge in [0.15, 0.2) is 11.6 Å². The zero-order chi connectivity index (χ0) is 24.2. The van der Waals surface area contributed by atoms with Gasteiger partial charge in [-0.2, -0.15) is 10.3 Å². The number of aromatic nitrogens is 7. The standard InChI is InChI=1S/C26H23N7O2/c1-2-23-27-26(20-13-7-17(8-14-20)15-24(34)35)33(30-23)16-18-9-11-19(12-10-18)21-5-3-4-6-22(21)25-28-31-32-29-25/h3-14H,2,15-16H2,1H3,(H,34,35)(H,28,29,31,32). The molecule has 0 radical (unpaired) electrons. The number of aromatic amines is 1. The second-order valence-electron chi connectivity index (χ2n) is 8.11. The van der Waals surface area contributed by atoms with Gasteiger partial charge in [0.1, 0.15) is 0 Å². The van der Waals surface area contributed by atoms with Gasteiger partial charge in [-0.15, -0.1) is 10.2 Å². The molecule has 0 aliphatic heterocycles. The second kappa shape index (κ2) is 9.68. The van der Waals surface area contributed by atoms with Crippen LogP contribution >= 0.6 is 0 Å². The number of carboxylic acid groups (broad SMARTS) is 1. The van der Waals surface area contributed by atoms with Crippen molar-refractivity contribution in [3.63, 3.8) is 0 Å². The van der Waals surface area contributed by atoms with E-state index in [9.17, 15) is 4.79 Å². The van der Waals surface area contributed by atoms with Crippen molar-refractivity contribution < 1.29 is 9.90 Å². The van der Waals surface area contributed by atoms with Crippen LogP contribution in [0.5, 0.6) is 0 Å². The van der Waals surface area contributed by atoms with E-state index >= 15 is 0 Å². The van der Waals surface area contributed by atoms with Crippen LogP contribution in [0.2, 0.25) is 0 Å². The molecule has 35 heavy (non-hydrogen) atoms. The Bertz CT molecular complexity index is 1440. The Morgan fingerprint density at radius 3 is 2.26 bits per heavy atom. The summed E-state index contributed by atoms with van der Waals surface area (Å²) in [6.45, 7) is 2.58. The molecule has 5 aromatic rings. The third-order valence-corrected chi connectivity index (χ3v) is 5.71. The molecule has 0 bridgehead atoms. The van der Waals surface area contributed by atoms with E-state index in [1.807, 2.05) is 60.1 Å². The third-order valence-electron chi connectivity index (χ3n) is 5.71. The van der Waals surface area contributed by atoms with Crippen molar-refractivity contribution in [2.75, 3.05) is 0 Å². The Morgan fingerprint density at radius 1 is 0.914 bits per heavy atom. The largest absolute Gasteiger partial charge is 0.481 e. The van der Waals surface area contributed by atoms with Crippen LogP contribution in [0.3, 0.4) is 0 Å². The summed E-state index contributed by atoms with van der Waals surface area (Å²) in [6.07, 6.45) is 0.721. The summed E-state index contributed by atoms with van der Waals surface area (Å²) < 4.78 is 1.90. The molecule has 0 amide bonds. The topological polar surface area (TPSA) is 122 Å². The fraction of sp³-hybridized carbons (Fsp3) is 0.154.